The van der Waals surface area contributed by atoms with Crippen LogP contribution in [0.1, 0.15) is 26.7 Å². The third-order valence-electron chi connectivity index (χ3n) is 2.18. The lowest BCUT2D eigenvalue weighted by atomic mass is 10.4. The number of rotatable bonds is 9. The van der Waals surface area contributed by atoms with Crippen molar-refractivity contribution < 1.29 is 9.47 Å². The van der Waals surface area contributed by atoms with Gasteiger partial charge >= 0.3 is 0 Å². The summed E-state index contributed by atoms with van der Waals surface area (Å²) in [4.78, 5) is 4.25. The van der Waals surface area contributed by atoms with Crippen LogP contribution in [0, 0.1) is 0 Å². The second-order valence-electron chi connectivity index (χ2n) is 3.68. The van der Waals surface area contributed by atoms with E-state index < -0.39 is 0 Å². The summed E-state index contributed by atoms with van der Waals surface area (Å²) in [6.45, 7) is 7.21. The van der Waals surface area contributed by atoms with Crippen LogP contribution in [0.4, 0.5) is 5.82 Å². The number of hydrogen-bond acceptors (Lipinski definition) is 4. The van der Waals surface area contributed by atoms with E-state index >= 15 is 0 Å². The molecular weight excluding hydrogens is 216 g/mol. The van der Waals surface area contributed by atoms with Crippen molar-refractivity contribution in [3.63, 3.8) is 0 Å². The van der Waals surface area contributed by atoms with Crippen LogP contribution < -0.4 is 10.1 Å². The van der Waals surface area contributed by atoms with E-state index in [1.54, 1.807) is 6.20 Å². The highest BCUT2D eigenvalue weighted by Gasteiger charge is 2.02. The molecule has 0 amide bonds. The Balaban J connectivity index is 2.25. The molecule has 0 aliphatic heterocycles. The highest BCUT2D eigenvalue weighted by molar-refractivity contribution is 5.49. The zero-order valence-electron chi connectivity index (χ0n) is 10.7. The third kappa shape index (κ3) is 5.54. The molecule has 1 aromatic heterocycles. The summed E-state index contributed by atoms with van der Waals surface area (Å²) < 4.78 is 10.9. The van der Waals surface area contributed by atoms with Crippen molar-refractivity contribution in [2.75, 3.05) is 31.7 Å². The van der Waals surface area contributed by atoms with Crippen LogP contribution in [0.15, 0.2) is 18.3 Å². The minimum absolute atomic E-state index is 0.653. The number of hydrogen-bond donors (Lipinski definition) is 1. The van der Waals surface area contributed by atoms with Crippen LogP contribution in [-0.4, -0.2) is 31.3 Å². The number of nitrogens with one attached hydrogen (secondary N) is 1. The minimum atomic E-state index is 0.653. The first kappa shape index (κ1) is 13.8. The largest absolute Gasteiger partial charge is 0.490 e. The predicted molar refractivity (Wildman–Crippen MR) is 69.6 cm³/mol. The van der Waals surface area contributed by atoms with Gasteiger partial charge < -0.3 is 14.8 Å². The number of anilines is 1. The maximum absolute atomic E-state index is 5.48. The molecule has 0 bridgehead atoms. The summed E-state index contributed by atoms with van der Waals surface area (Å²) in [7, 11) is 0. The van der Waals surface area contributed by atoms with Crippen molar-refractivity contribution in [2.24, 2.45) is 0 Å². The topological polar surface area (TPSA) is 43.4 Å². The molecule has 0 unspecified atom stereocenters. The van der Waals surface area contributed by atoms with Gasteiger partial charge in [0.25, 0.3) is 0 Å². The molecule has 17 heavy (non-hydrogen) atoms. The monoisotopic (exact) mass is 238 g/mol. The van der Waals surface area contributed by atoms with E-state index in [0.717, 1.165) is 44.2 Å². The predicted octanol–water partition coefficient (Wildman–Crippen LogP) is 2.71. The molecule has 0 atom stereocenters. The van der Waals surface area contributed by atoms with Crippen molar-refractivity contribution >= 4 is 5.82 Å². The Kier molecular flexibility index (Phi) is 7.14. The summed E-state index contributed by atoms with van der Waals surface area (Å²) in [5.74, 6) is 1.62. The first-order chi connectivity index (χ1) is 8.38. The minimum Gasteiger partial charge on any atom is -0.490 e. The van der Waals surface area contributed by atoms with Crippen LogP contribution in [0.5, 0.6) is 5.75 Å². The van der Waals surface area contributed by atoms with Crippen LogP contribution in [0.3, 0.4) is 0 Å². The molecular formula is C13H22N2O2. The number of aromatic nitrogens is 1. The Bertz CT molecular complexity index is 305. The fraction of sp³-hybridized carbons (Fsp3) is 0.615. The molecule has 1 aromatic rings. The van der Waals surface area contributed by atoms with E-state index in [0.29, 0.717) is 6.61 Å². The SMILES string of the molecule is CCCOCCCNc1ncccc1OCC. The van der Waals surface area contributed by atoms with Gasteiger partial charge in [0.15, 0.2) is 11.6 Å². The summed E-state index contributed by atoms with van der Waals surface area (Å²) in [5, 5.41) is 3.26. The Morgan fingerprint density at radius 2 is 2.18 bits per heavy atom. The second-order valence-corrected chi connectivity index (χ2v) is 3.68. The van der Waals surface area contributed by atoms with Crippen molar-refractivity contribution in [1.29, 1.82) is 0 Å². The molecule has 96 valence electrons. The molecule has 4 nitrogen and oxygen atoms in total. The van der Waals surface area contributed by atoms with Gasteiger partial charge in [-0.05, 0) is 31.9 Å². The van der Waals surface area contributed by atoms with E-state index in [2.05, 4.69) is 17.2 Å². The van der Waals surface area contributed by atoms with E-state index in [4.69, 9.17) is 9.47 Å². The van der Waals surface area contributed by atoms with Gasteiger partial charge in [-0.3, -0.25) is 0 Å². The smallest absolute Gasteiger partial charge is 0.168 e. The first-order valence-electron chi connectivity index (χ1n) is 6.28. The zero-order chi connectivity index (χ0) is 12.3. The molecule has 0 saturated carbocycles. The standard InChI is InChI=1S/C13H22N2O2/c1-3-10-16-11-6-9-15-13-12(17-4-2)7-5-8-14-13/h5,7-8H,3-4,6,9-11H2,1-2H3,(H,14,15). The lowest BCUT2D eigenvalue weighted by molar-refractivity contribution is 0.134. The van der Waals surface area contributed by atoms with Crippen molar-refractivity contribution in [3.05, 3.63) is 18.3 Å². The fourth-order valence-electron chi connectivity index (χ4n) is 1.42. The molecule has 0 aliphatic carbocycles. The highest BCUT2D eigenvalue weighted by atomic mass is 16.5. The van der Waals surface area contributed by atoms with Gasteiger partial charge in [0.05, 0.1) is 6.61 Å². The van der Waals surface area contributed by atoms with E-state index in [1.165, 1.54) is 0 Å². The summed E-state index contributed by atoms with van der Waals surface area (Å²) in [5.41, 5.74) is 0. The normalized spacial score (nSPS) is 10.2. The second kappa shape index (κ2) is 8.82. The maximum atomic E-state index is 5.48. The summed E-state index contributed by atoms with van der Waals surface area (Å²) >= 11 is 0. The first-order valence-corrected chi connectivity index (χ1v) is 6.28. The van der Waals surface area contributed by atoms with Crippen molar-refractivity contribution in [1.82, 2.24) is 4.98 Å². The molecule has 0 aliphatic rings. The molecule has 0 spiro atoms. The van der Waals surface area contributed by atoms with Gasteiger partial charge in [0.2, 0.25) is 0 Å². The molecule has 0 radical (unpaired) electrons. The van der Waals surface area contributed by atoms with E-state index in [-0.39, 0.29) is 0 Å². The molecule has 4 heteroatoms. The number of pyridine rings is 1. The van der Waals surface area contributed by atoms with Crippen LogP contribution >= 0.6 is 0 Å². The van der Waals surface area contributed by atoms with Crippen LogP contribution in [0.25, 0.3) is 0 Å². The lowest BCUT2D eigenvalue weighted by Crippen LogP contribution is -2.08. The van der Waals surface area contributed by atoms with Gasteiger partial charge in [-0.25, -0.2) is 4.98 Å². The average molecular weight is 238 g/mol. The van der Waals surface area contributed by atoms with E-state index in [9.17, 15) is 0 Å². The zero-order valence-corrected chi connectivity index (χ0v) is 10.7. The highest BCUT2D eigenvalue weighted by Crippen LogP contribution is 2.20. The van der Waals surface area contributed by atoms with Crippen molar-refractivity contribution in [3.8, 4) is 5.75 Å². The van der Waals surface area contributed by atoms with Crippen LogP contribution in [-0.2, 0) is 4.74 Å². The van der Waals surface area contributed by atoms with Gasteiger partial charge in [-0.15, -0.1) is 0 Å². The molecule has 1 N–H and O–H groups in total. The van der Waals surface area contributed by atoms with Crippen molar-refractivity contribution in [2.45, 2.75) is 26.7 Å². The molecule has 0 saturated heterocycles. The Labute approximate surface area is 103 Å². The molecule has 1 rings (SSSR count). The van der Waals surface area contributed by atoms with Crippen LogP contribution in [0.2, 0.25) is 0 Å². The van der Waals surface area contributed by atoms with Gasteiger partial charge in [0, 0.05) is 26.0 Å². The summed E-state index contributed by atoms with van der Waals surface area (Å²) in [6, 6.07) is 3.80. The molecule has 0 aromatic carbocycles. The fourth-order valence-corrected chi connectivity index (χ4v) is 1.42. The summed E-state index contributed by atoms with van der Waals surface area (Å²) in [6.07, 6.45) is 3.81. The van der Waals surface area contributed by atoms with Gasteiger partial charge in [-0.1, -0.05) is 6.92 Å². The average Bonchev–Trinajstić information content (AvgIpc) is 2.36. The number of nitrogens with zero attached hydrogens (tertiary/aromatic N) is 1. The molecule has 1 heterocycles. The van der Waals surface area contributed by atoms with E-state index in [1.807, 2.05) is 19.1 Å². The Hall–Kier alpha value is -1.29. The third-order valence-corrected chi connectivity index (χ3v) is 2.18. The van der Waals surface area contributed by atoms with Gasteiger partial charge in [0.1, 0.15) is 0 Å². The maximum Gasteiger partial charge on any atom is 0.168 e. The number of ether oxygens (including phenoxy) is 2. The van der Waals surface area contributed by atoms with Gasteiger partial charge in [-0.2, -0.15) is 0 Å². The quantitative estimate of drug-likeness (QED) is 0.672. The lowest BCUT2D eigenvalue weighted by Gasteiger charge is -2.10. The Morgan fingerprint density at radius 1 is 1.29 bits per heavy atom. The molecule has 0 fully saturated rings. The Morgan fingerprint density at radius 3 is 2.94 bits per heavy atom.